The molecule has 0 aromatic heterocycles. The Morgan fingerprint density at radius 3 is 2.40 bits per heavy atom. The smallest absolute Gasteiger partial charge is 0.285 e. The first-order valence-electron chi connectivity index (χ1n) is 9.04. The van der Waals surface area contributed by atoms with Gasteiger partial charge < -0.3 is 9.80 Å². The van der Waals surface area contributed by atoms with Crippen molar-refractivity contribution in [2.45, 2.75) is 37.0 Å². The van der Waals surface area contributed by atoms with E-state index in [1.165, 1.54) is 6.42 Å². The van der Waals surface area contributed by atoms with Crippen LogP contribution in [0.2, 0.25) is 0 Å². The minimum atomic E-state index is -3.58. The molecule has 25 heavy (non-hydrogen) atoms. The minimum absolute atomic E-state index is 0.0585. The number of fused-ring (bicyclic) bond motifs is 1. The first kappa shape index (κ1) is 16.6. The highest BCUT2D eigenvalue weighted by atomic mass is 32.2. The number of amides is 1. The quantitative estimate of drug-likeness (QED) is 0.766. The molecule has 0 radical (unpaired) electrons. The highest BCUT2D eigenvalue weighted by Crippen LogP contribution is 2.30. The van der Waals surface area contributed by atoms with Crippen LogP contribution in [0.25, 0.3) is 0 Å². The summed E-state index contributed by atoms with van der Waals surface area (Å²) in [6, 6.07) is 6.97. The highest BCUT2D eigenvalue weighted by molar-refractivity contribution is 7.90. The number of amidine groups is 1. The molecule has 0 N–H and O–H groups in total. The van der Waals surface area contributed by atoms with Crippen LogP contribution < -0.4 is 0 Å². The number of sulfonamides is 1. The van der Waals surface area contributed by atoms with E-state index in [1.807, 2.05) is 21.9 Å². The van der Waals surface area contributed by atoms with Crippen molar-refractivity contribution in [3.8, 4) is 0 Å². The van der Waals surface area contributed by atoms with E-state index in [-0.39, 0.29) is 16.7 Å². The number of benzene rings is 1. The SMILES string of the molecule is O=C(C1CCN(C2=NS(=O)(=O)c3ccccc32)CC1)N1CCCCC1. The zero-order chi connectivity index (χ0) is 17.4. The summed E-state index contributed by atoms with van der Waals surface area (Å²) in [4.78, 5) is 17.0. The third-order valence-corrected chi connectivity index (χ3v) is 6.75. The van der Waals surface area contributed by atoms with Gasteiger partial charge in [-0.25, -0.2) is 0 Å². The van der Waals surface area contributed by atoms with E-state index in [4.69, 9.17) is 0 Å². The molecule has 6 nitrogen and oxygen atoms in total. The maximum absolute atomic E-state index is 12.7. The lowest BCUT2D eigenvalue weighted by atomic mass is 9.94. The van der Waals surface area contributed by atoms with Crippen LogP contribution >= 0.6 is 0 Å². The Bertz CT molecular complexity index is 805. The van der Waals surface area contributed by atoms with Gasteiger partial charge in [0.25, 0.3) is 10.0 Å². The Balaban J connectivity index is 1.45. The fraction of sp³-hybridized carbons (Fsp3) is 0.556. The number of carbonyl (C=O) groups excluding carboxylic acids is 1. The van der Waals surface area contributed by atoms with Crippen molar-refractivity contribution >= 4 is 21.8 Å². The van der Waals surface area contributed by atoms with Crippen LogP contribution in [0.4, 0.5) is 0 Å². The molecule has 0 spiro atoms. The van der Waals surface area contributed by atoms with Crippen LogP contribution in [0.5, 0.6) is 0 Å². The van der Waals surface area contributed by atoms with Crippen LogP contribution in [0.1, 0.15) is 37.7 Å². The van der Waals surface area contributed by atoms with Gasteiger partial charge in [0.2, 0.25) is 5.91 Å². The molecule has 1 aromatic rings. The Labute approximate surface area is 148 Å². The number of piperidine rings is 2. The van der Waals surface area contributed by atoms with Gasteiger partial charge in [0.15, 0.2) is 5.84 Å². The largest absolute Gasteiger partial charge is 0.355 e. The van der Waals surface area contributed by atoms with Crippen molar-refractivity contribution in [2.75, 3.05) is 26.2 Å². The van der Waals surface area contributed by atoms with E-state index in [1.54, 1.807) is 12.1 Å². The summed E-state index contributed by atoms with van der Waals surface area (Å²) in [6.07, 6.45) is 4.95. The Kier molecular flexibility index (Phi) is 4.27. The molecule has 0 aliphatic carbocycles. The Morgan fingerprint density at radius 2 is 1.68 bits per heavy atom. The minimum Gasteiger partial charge on any atom is -0.355 e. The van der Waals surface area contributed by atoms with Gasteiger partial charge in [-0.05, 0) is 44.2 Å². The van der Waals surface area contributed by atoms with Crippen molar-refractivity contribution in [3.05, 3.63) is 29.8 Å². The first-order chi connectivity index (χ1) is 12.1. The second-order valence-corrected chi connectivity index (χ2v) is 8.61. The lowest BCUT2D eigenvalue weighted by Gasteiger charge is -2.36. The fourth-order valence-electron chi connectivity index (χ4n) is 4.03. The lowest BCUT2D eigenvalue weighted by molar-refractivity contribution is -0.137. The third kappa shape index (κ3) is 3.05. The summed E-state index contributed by atoms with van der Waals surface area (Å²) in [5.74, 6) is 0.878. The van der Waals surface area contributed by atoms with E-state index in [0.717, 1.165) is 38.8 Å². The second kappa shape index (κ2) is 6.44. The van der Waals surface area contributed by atoms with Gasteiger partial charge in [0, 0.05) is 37.7 Å². The van der Waals surface area contributed by atoms with Crippen molar-refractivity contribution in [2.24, 2.45) is 10.3 Å². The number of likely N-dealkylation sites (tertiary alicyclic amines) is 2. The zero-order valence-corrected chi connectivity index (χ0v) is 15.0. The van der Waals surface area contributed by atoms with Crippen molar-refractivity contribution in [3.63, 3.8) is 0 Å². The molecule has 3 heterocycles. The van der Waals surface area contributed by atoms with Crippen molar-refractivity contribution in [1.82, 2.24) is 9.80 Å². The molecule has 0 bridgehead atoms. The Morgan fingerprint density at radius 1 is 1.00 bits per heavy atom. The predicted octanol–water partition coefficient (Wildman–Crippen LogP) is 1.86. The second-order valence-electron chi connectivity index (χ2n) is 7.03. The molecule has 3 aliphatic rings. The summed E-state index contributed by atoms with van der Waals surface area (Å²) in [5, 5.41) is 0. The molecule has 2 fully saturated rings. The summed E-state index contributed by atoms with van der Waals surface area (Å²) in [6.45, 7) is 3.12. The summed E-state index contributed by atoms with van der Waals surface area (Å²) in [7, 11) is -3.58. The summed E-state index contributed by atoms with van der Waals surface area (Å²) >= 11 is 0. The van der Waals surface area contributed by atoms with Crippen LogP contribution in [-0.2, 0) is 14.8 Å². The molecule has 1 amide bonds. The molecular weight excluding hydrogens is 338 g/mol. The first-order valence-corrected chi connectivity index (χ1v) is 10.5. The normalized spacial score (nSPS) is 23.3. The van der Waals surface area contributed by atoms with Gasteiger partial charge in [0.1, 0.15) is 4.90 Å². The average molecular weight is 361 g/mol. The van der Waals surface area contributed by atoms with E-state index < -0.39 is 10.0 Å². The van der Waals surface area contributed by atoms with Gasteiger partial charge in [-0.15, -0.1) is 4.40 Å². The fourth-order valence-corrected chi connectivity index (χ4v) is 5.25. The number of rotatable bonds is 1. The van der Waals surface area contributed by atoms with Gasteiger partial charge in [0.05, 0.1) is 0 Å². The van der Waals surface area contributed by atoms with Crippen molar-refractivity contribution < 1.29 is 13.2 Å². The summed E-state index contributed by atoms with van der Waals surface area (Å²) < 4.78 is 28.4. The van der Waals surface area contributed by atoms with Crippen LogP contribution in [-0.4, -0.2) is 56.1 Å². The number of hydrogen-bond acceptors (Lipinski definition) is 4. The standard InChI is InChI=1S/C18H23N3O3S/c22-18(21-10-4-1-5-11-21)14-8-12-20(13-9-14)17-15-6-2-3-7-16(15)25(23,24)19-17/h2-3,6-7,14H,1,4-5,8-13H2. The number of hydrogen-bond donors (Lipinski definition) is 0. The molecular formula is C18H23N3O3S. The molecule has 2 saturated heterocycles. The molecule has 7 heteroatoms. The van der Waals surface area contributed by atoms with Crippen LogP contribution in [0, 0.1) is 5.92 Å². The zero-order valence-electron chi connectivity index (χ0n) is 14.2. The van der Waals surface area contributed by atoms with E-state index in [0.29, 0.717) is 24.5 Å². The maximum Gasteiger partial charge on any atom is 0.285 e. The number of nitrogens with zero attached hydrogens (tertiary/aromatic N) is 3. The molecule has 1 aromatic carbocycles. The Hall–Kier alpha value is -1.89. The average Bonchev–Trinajstić information content (AvgIpc) is 2.94. The van der Waals surface area contributed by atoms with Crippen LogP contribution in [0.3, 0.4) is 0 Å². The van der Waals surface area contributed by atoms with Crippen molar-refractivity contribution in [1.29, 1.82) is 0 Å². The molecule has 0 atom stereocenters. The topological polar surface area (TPSA) is 70.0 Å². The monoisotopic (exact) mass is 361 g/mol. The van der Waals surface area contributed by atoms with Gasteiger partial charge in [-0.1, -0.05) is 12.1 Å². The maximum atomic E-state index is 12.7. The molecule has 0 unspecified atom stereocenters. The van der Waals surface area contributed by atoms with Crippen LogP contribution in [0.15, 0.2) is 33.6 Å². The van der Waals surface area contributed by atoms with Gasteiger partial charge in [-0.2, -0.15) is 8.42 Å². The third-order valence-electron chi connectivity index (χ3n) is 5.42. The van der Waals surface area contributed by atoms with Gasteiger partial charge >= 0.3 is 0 Å². The highest BCUT2D eigenvalue weighted by Gasteiger charge is 2.35. The molecule has 0 saturated carbocycles. The van der Waals surface area contributed by atoms with E-state index >= 15 is 0 Å². The predicted molar refractivity (Wildman–Crippen MR) is 94.9 cm³/mol. The lowest BCUT2D eigenvalue weighted by Crippen LogP contribution is -2.45. The molecule has 134 valence electrons. The van der Waals surface area contributed by atoms with Gasteiger partial charge in [-0.3, -0.25) is 4.79 Å². The molecule has 4 rings (SSSR count). The summed E-state index contributed by atoms with van der Waals surface area (Å²) in [5.41, 5.74) is 0.684. The molecule has 3 aliphatic heterocycles. The number of carbonyl (C=O) groups is 1. The van der Waals surface area contributed by atoms with E-state index in [2.05, 4.69) is 4.40 Å². The van der Waals surface area contributed by atoms with E-state index in [9.17, 15) is 13.2 Å².